The summed E-state index contributed by atoms with van der Waals surface area (Å²) in [6.07, 6.45) is 5.01. The number of hydrogen-bond donors (Lipinski definition) is 2. The molecule has 1 heterocycles. The first-order valence-electron chi connectivity index (χ1n) is 5.74. The van der Waals surface area contributed by atoms with Gasteiger partial charge in [-0.1, -0.05) is 0 Å². The SMILES string of the molecule is NNC(=O)C1CCC(Oc2cccnn2)CC1. The highest BCUT2D eigenvalue weighted by atomic mass is 16.5. The van der Waals surface area contributed by atoms with Crippen LogP contribution in [0.2, 0.25) is 0 Å². The maximum Gasteiger partial charge on any atom is 0.236 e. The van der Waals surface area contributed by atoms with Gasteiger partial charge in [0.25, 0.3) is 0 Å². The summed E-state index contributed by atoms with van der Waals surface area (Å²) in [5, 5.41) is 7.62. The minimum absolute atomic E-state index is 0.0155. The first-order chi connectivity index (χ1) is 8.29. The first-order valence-corrected chi connectivity index (χ1v) is 5.74. The van der Waals surface area contributed by atoms with Crippen molar-refractivity contribution in [2.24, 2.45) is 11.8 Å². The average molecular weight is 236 g/mol. The van der Waals surface area contributed by atoms with E-state index < -0.39 is 0 Å². The van der Waals surface area contributed by atoms with Crippen LogP contribution in [-0.4, -0.2) is 22.2 Å². The molecule has 92 valence electrons. The Bertz CT molecular complexity index is 363. The molecule has 1 aromatic heterocycles. The van der Waals surface area contributed by atoms with E-state index in [0.717, 1.165) is 25.7 Å². The van der Waals surface area contributed by atoms with E-state index in [-0.39, 0.29) is 17.9 Å². The van der Waals surface area contributed by atoms with E-state index >= 15 is 0 Å². The molecule has 0 bridgehead atoms. The molecular weight excluding hydrogens is 220 g/mol. The Hall–Kier alpha value is -1.69. The van der Waals surface area contributed by atoms with Crippen LogP contribution in [0.1, 0.15) is 25.7 Å². The van der Waals surface area contributed by atoms with Gasteiger partial charge in [-0.25, -0.2) is 5.84 Å². The van der Waals surface area contributed by atoms with Crippen LogP contribution in [0.15, 0.2) is 18.3 Å². The predicted molar refractivity (Wildman–Crippen MR) is 60.7 cm³/mol. The van der Waals surface area contributed by atoms with Gasteiger partial charge in [0.2, 0.25) is 11.8 Å². The number of ether oxygens (including phenoxy) is 1. The van der Waals surface area contributed by atoms with E-state index in [1.54, 1.807) is 18.3 Å². The summed E-state index contributed by atoms with van der Waals surface area (Å²) < 4.78 is 5.68. The monoisotopic (exact) mass is 236 g/mol. The number of nitrogens with one attached hydrogen (secondary N) is 1. The van der Waals surface area contributed by atoms with Gasteiger partial charge in [0.15, 0.2) is 0 Å². The van der Waals surface area contributed by atoms with E-state index in [4.69, 9.17) is 10.6 Å². The highest BCUT2D eigenvalue weighted by molar-refractivity contribution is 5.77. The molecule has 0 radical (unpaired) electrons. The minimum Gasteiger partial charge on any atom is -0.473 e. The van der Waals surface area contributed by atoms with E-state index in [1.807, 2.05) is 0 Å². The Morgan fingerprint density at radius 2 is 2.18 bits per heavy atom. The number of nitrogens with zero attached hydrogens (tertiary/aromatic N) is 2. The van der Waals surface area contributed by atoms with Gasteiger partial charge in [0, 0.05) is 18.2 Å². The number of carbonyl (C=O) groups excluding carboxylic acids is 1. The zero-order valence-corrected chi connectivity index (χ0v) is 9.50. The largest absolute Gasteiger partial charge is 0.473 e. The summed E-state index contributed by atoms with van der Waals surface area (Å²) in [5.74, 6) is 5.59. The first kappa shape index (κ1) is 11.8. The van der Waals surface area contributed by atoms with Gasteiger partial charge in [-0.3, -0.25) is 10.2 Å². The fourth-order valence-electron chi connectivity index (χ4n) is 2.08. The highest BCUT2D eigenvalue weighted by Gasteiger charge is 2.26. The molecule has 0 atom stereocenters. The van der Waals surface area contributed by atoms with Gasteiger partial charge >= 0.3 is 0 Å². The molecule has 0 unspecified atom stereocenters. The Morgan fingerprint density at radius 3 is 2.76 bits per heavy atom. The van der Waals surface area contributed by atoms with Crippen molar-refractivity contribution in [2.45, 2.75) is 31.8 Å². The van der Waals surface area contributed by atoms with Crippen molar-refractivity contribution in [1.29, 1.82) is 0 Å². The topological polar surface area (TPSA) is 90.1 Å². The normalized spacial score (nSPS) is 24.1. The molecular formula is C11H16N4O2. The molecule has 3 N–H and O–H groups in total. The van der Waals surface area contributed by atoms with Gasteiger partial charge in [0.05, 0.1) is 0 Å². The third kappa shape index (κ3) is 3.13. The Labute approximate surface area is 99.5 Å². The lowest BCUT2D eigenvalue weighted by Gasteiger charge is -2.27. The number of carbonyl (C=O) groups is 1. The summed E-state index contributed by atoms with van der Waals surface area (Å²) in [7, 11) is 0. The molecule has 6 nitrogen and oxygen atoms in total. The van der Waals surface area contributed by atoms with Crippen molar-refractivity contribution in [3.63, 3.8) is 0 Å². The number of aromatic nitrogens is 2. The van der Waals surface area contributed by atoms with Crippen LogP contribution in [0, 0.1) is 5.92 Å². The standard InChI is InChI=1S/C11H16N4O2/c12-14-11(16)8-3-5-9(6-4-8)17-10-2-1-7-13-15-10/h1-2,7-9H,3-6,12H2,(H,14,16). The molecule has 1 aliphatic carbocycles. The van der Waals surface area contributed by atoms with Gasteiger partial charge in [-0.2, -0.15) is 5.10 Å². The summed E-state index contributed by atoms with van der Waals surface area (Å²) >= 11 is 0. The maximum atomic E-state index is 11.3. The van der Waals surface area contributed by atoms with E-state index in [0.29, 0.717) is 5.88 Å². The maximum absolute atomic E-state index is 11.3. The second-order valence-electron chi connectivity index (χ2n) is 4.16. The number of rotatable bonds is 3. The lowest BCUT2D eigenvalue weighted by atomic mass is 9.87. The van der Waals surface area contributed by atoms with Crippen LogP contribution in [0.4, 0.5) is 0 Å². The molecule has 1 aromatic rings. The van der Waals surface area contributed by atoms with Crippen molar-refractivity contribution in [3.8, 4) is 5.88 Å². The average Bonchev–Trinajstić information content (AvgIpc) is 2.40. The second-order valence-corrected chi connectivity index (χ2v) is 4.16. The lowest BCUT2D eigenvalue weighted by molar-refractivity contribution is -0.126. The fourth-order valence-corrected chi connectivity index (χ4v) is 2.08. The third-order valence-corrected chi connectivity index (χ3v) is 3.02. The molecule has 1 saturated carbocycles. The highest BCUT2D eigenvalue weighted by Crippen LogP contribution is 2.26. The van der Waals surface area contributed by atoms with Gasteiger partial charge < -0.3 is 4.74 Å². The zero-order valence-electron chi connectivity index (χ0n) is 9.50. The summed E-state index contributed by atoms with van der Waals surface area (Å²) in [6, 6.07) is 3.57. The smallest absolute Gasteiger partial charge is 0.236 e. The minimum atomic E-state index is -0.0806. The van der Waals surface area contributed by atoms with Crippen LogP contribution in [0.3, 0.4) is 0 Å². The summed E-state index contributed by atoms with van der Waals surface area (Å²) in [4.78, 5) is 11.3. The van der Waals surface area contributed by atoms with Crippen molar-refractivity contribution in [3.05, 3.63) is 18.3 Å². The molecule has 17 heavy (non-hydrogen) atoms. The van der Waals surface area contributed by atoms with Gasteiger partial charge in [-0.05, 0) is 31.7 Å². The Balaban J connectivity index is 1.82. The summed E-state index contributed by atoms with van der Waals surface area (Å²) in [6.45, 7) is 0. The van der Waals surface area contributed by atoms with Crippen LogP contribution < -0.4 is 16.0 Å². The number of hydrogen-bond acceptors (Lipinski definition) is 5. The number of hydrazine groups is 1. The molecule has 0 aromatic carbocycles. The molecule has 1 amide bonds. The van der Waals surface area contributed by atoms with Crippen LogP contribution in [0.5, 0.6) is 5.88 Å². The van der Waals surface area contributed by atoms with Crippen molar-refractivity contribution in [1.82, 2.24) is 15.6 Å². The van der Waals surface area contributed by atoms with E-state index in [1.165, 1.54) is 0 Å². The van der Waals surface area contributed by atoms with Gasteiger partial charge in [-0.15, -0.1) is 5.10 Å². The van der Waals surface area contributed by atoms with Crippen molar-refractivity contribution < 1.29 is 9.53 Å². The fraction of sp³-hybridized carbons (Fsp3) is 0.545. The van der Waals surface area contributed by atoms with E-state index in [9.17, 15) is 4.79 Å². The Kier molecular flexibility index (Phi) is 3.87. The predicted octanol–water partition coefficient (Wildman–Crippen LogP) is 0.404. The van der Waals surface area contributed by atoms with Gasteiger partial charge in [0.1, 0.15) is 6.10 Å². The van der Waals surface area contributed by atoms with Crippen LogP contribution in [0.25, 0.3) is 0 Å². The van der Waals surface area contributed by atoms with Crippen LogP contribution >= 0.6 is 0 Å². The molecule has 1 fully saturated rings. The van der Waals surface area contributed by atoms with E-state index in [2.05, 4.69) is 15.6 Å². The quantitative estimate of drug-likeness (QED) is 0.450. The second kappa shape index (κ2) is 5.58. The number of nitrogens with two attached hydrogens (primary N) is 1. The van der Waals surface area contributed by atoms with Crippen molar-refractivity contribution >= 4 is 5.91 Å². The number of amides is 1. The van der Waals surface area contributed by atoms with Crippen LogP contribution in [-0.2, 0) is 4.79 Å². The summed E-state index contributed by atoms with van der Waals surface area (Å²) in [5.41, 5.74) is 2.20. The molecule has 0 aliphatic heterocycles. The molecule has 2 rings (SSSR count). The molecule has 6 heteroatoms. The lowest BCUT2D eigenvalue weighted by Crippen LogP contribution is -2.38. The molecule has 1 aliphatic rings. The molecule has 0 saturated heterocycles. The Morgan fingerprint density at radius 1 is 1.41 bits per heavy atom. The molecule has 0 spiro atoms. The zero-order chi connectivity index (χ0) is 12.1. The van der Waals surface area contributed by atoms with Crippen molar-refractivity contribution in [2.75, 3.05) is 0 Å². The third-order valence-electron chi connectivity index (χ3n) is 3.02.